The van der Waals surface area contributed by atoms with Crippen LogP contribution in [-0.4, -0.2) is 17.0 Å². The highest BCUT2D eigenvalue weighted by atomic mass is 19.3. The zero-order valence-electron chi connectivity index (χ0n) is 6.18. The normalized spacial score (nSPS) is 12.3. The lowest BCUT2D eigenvalue weighted by atomic mass is 10.2. The monoisotopic (exact) mass is 164 g/mol. The molecular weight excluding hydrogens is 154 g/mol. The van der Waals surface area contributed by atoms with Crippen LogP contribution in [0.15, 0.2) is 12.2 Å². The van der Waals surface area contributed by atoms with Crippen LogP contribution in [0, 0.1) is 0 Å². The first-order valence-electron chi connectivity index (χ1n) is 3.25. The largest absolute Gasteiger partial charge is 0.481 e. The summed E-state index contributed by atoms with van der Waals surface area (Å²) in [4.78, 5) is 9.86. The molecule has 0 bridgehead atoms. The molecular formula is C7H10F2O2. The molecule has 0 spiro atoms. The maximum atomic E-state index is 12.4. The Morgan fingerprint density at radius 3 is 2.55 bits per heavy atom. The molecule has 0 rings (SSSR count). The summed E-state index contributed by atoms with van der Waals surface area (Å²) in [5.41, 5.74) is 0. The fourth-order valence-corrected chi connectivity index (χ4v) is 0.551. The summed E-state index contributed by atoms with van der Waals surface area (Å²) < 4.78 is 24.8. The van der Waals surface area contributed by atoms with Crippen molar-refractivity contribution in [1.82, 2.24) is 0 Å². The van der Waals surface area contributed by atoms with Crippen LogP contribution in [0.3, 0.4) is 0 Å². The van der Waals surface area contributed by atoms with Crippen molar-refractivity contribution in [1.29, 1.82) is 0 Å². The molecule has 4 heteroatoms. The second-order valence-electron chi connectivity index (χ2n) is 2.14. The van der Waals surface area contributed by atoms with E-state index in [1.165, 1.54) is 6.08 Å². The SMILES string of the molecule is CC/C=C/C(F)(F)CC(=O)O. The van der Waals surface area contributed by atoms with Crippen molar-refractivity contribution in [3.8, 4) is 0 Å². The third-order valence-electron chi connectivity index (χ3n) is 0.984. The van der Waals surface area contributed by atoms with Gasteiger partial charge in [-0.05, 0) is 12.5 Å². The van der Waals surface area contributed by atoms with Gasteiger partial charge in [-0.25, -0.2) is 8.78 Å². The van der Waals surface area contributed by atoms with Gasteiger partial charge in [0.05, 0.1) is 0 Å². The Labute approximate surface area is 63.5 Å². The average molecular weight is 164 g/mol. The van der Waals surface area contributed by atoms with E-state index in [9.17, 15) is 13.6 Å². The van der Waals surface area contributed by atoms with Gasteiger partial charge in [0.1, 0.15) is 6.42 Å². The molecule has 64 valence electrons. The van der Waals surface area contributed by atoms with Crippen LogP contribution in [0.2, 0.25) is 0 Å². The number of aliphatic carboxylic acids is 1. The quantitative estimate of drug-likeness (QED) is 0.646. The summed E-state index contributed by atoms with van der Waals surface area (Å²) in [6.45, 7) is 1.70. The lowest BCUT2D eigenvalue weighted by molar-refractivity contribution is -0.142. The number of halogens is 2. The molecule has 11 heavy (non-hydrogen) atoms. The van der Waals surface area contributed by atoms with Crippen LogP contribution in [0.25, 0.3) is 0 Å². The van der Waals surface area contributed by atoms with Crippen molar-refractivity contribution in [2.75, 3.05) is 0 Å². The second-order valence-corrected chi connectivity index (χ2v) is 2.14. The Balaban J connectivity index is 3.99. The zero-order chi connectivity index (χ0) is 8.91. The number of hydrogen-bond acceptors (Lipinski definition) is 1. The highest BCUT2D eigenvalue weighted by Gasteiger charge is 2.28. The predicted molar refractivity (Wildman–Crippen MR) is 36.6 cm³/mol. The van der Waals surface area contributed by atoms with Gasteiger partial charge < -0.3 is 5.11 Å². The molecule has 0 fully saturated rings. The molecule has 1 N–H and O–H groups in total. The molecule has 0 aliphatic carbocycles. The number of hydrogen-bond donors (Lipinski definition) is 1. The first kappa shape index (κ1) is 10.1. The predicted octanol–water partition coefficient (Wildman–Crippen LogP) is 2.06. The molecule has 0 aromatic rings. The summed E-state index contributed by atoms with van der Waals surface area (Å²) in [5, 5.41) is 8.03. The molecule has 2 nitrogen and oxygen atoms in total. The molecule has 0 saturated carbocycles. The van der Waals surface area contributed by atoms with Gasteiger partial charge in [-0.3, -0.25) is 4.79 Å². The van der Waals surface area contributed by atoms with Crippen molar-refractivity contribution in [3.05, 3.63) is 12.2 Å². The van der Waals surface area contributed by atoms with E-state index in [1.807, 2.05) is 0 Å². The Hall–Kier alpha value is -0.930. The van der Waals surface area contributed by atoms with Gasteiger partial charge in [0.25, 0.3) is 5.92 Å². The topological polar surface area (TPSA) is 37.3 Å². The van der Waals surface area contributed by atoms with E-state index in [4.69, 9.17) is 5.11 Å². The van der Waals surface area contributed by atoms with Gasteiger partial charge in [0, 0.05) is 0 Å². The summed E-state index contributed by atoms with van der Waals surface area (Å²) in [7, 11) is 0. The Kier molecular flexibility index (Phi) is 3.71. The Morgan fingerprint density at radius 2 is 2.18 bits per heavy atom. The fraction of sp³-hybridized carbons (Fsp3) is 0.571. The molecule has 0 heterocycles. The molecule has 0 amide bonds. The number of rotatable bonds is 4. The maximum Gasteiger partial charge on any atom is 0.309 e. The van der Waals surface area contributed by atoms with Gasteiger partial charge >= 0.3 is 5.97 Å². The van der Waals surface area contributed by atoms with E-state index in [-0.39, 0.29) is 0 Å². The molecule has 0 saturated heterocycles. The number of carbonyl (C=O) groups is 1. The first-order valence-corrected chi connectivity index (χ1v) is 3.25. The average Bonchev–Trinajstić information content (AvgIpc) is 1.81. The molecule has 0 radical (unpaired) electrons. The molecule has 0 unspecified atom stereocenters. The van der Waals surface area contributed by atoms with Gasteiger partial charge in [-0.2, -0.15) is 0 Å². The molecule has 0 aliphatic rings. The summed E-state index contributed by atoms with van der Waals surface area (Å²) >= 11 is 0. The van der Waals surface area contributed by atoms with Crippen molar-refractivity contribution in [2.24, 2.45) is 0 Å². The third-order valence-corrected chi connectivity index (χ3v) is 0.984. The maximum absolute atomic E-state index is 12.4. The smallest absolute Gasteiger partial charge is 0.309 e. The van der Waals surface area contributed by atoms with Crippen LogP contribution >= 0.6 is 0 Å². The lowest BCUT2D eigenvalue weighted by Gasteiger charge is -2.06. The molecule has 0 aromatic heterocycles. The summed E-state index contributed by atoms with van der Waals surface area (Å²) in [6, 6.07) is 0. The number of carboxylic acid groups (broad SMARTS) is 1. The highest BCUT2D eigenvalue weighted by Crippen LogP contribution is 2.19. The molecule has 0 aliphatic heterocycles. The van der Waals surface area contributed by atoms with Crippen LogP contribution in [-0.2, 0) is 4.79 Å². The van der Waals surface area contributed by atoms with Gasteiger partial charge in [-0.1, -0.05) is 13.0 Å². The van der Waals surface area contributed by atoms with Crippen molar-refractivity contribution in [2.45, 2.75) is 25.7 Å². The van der Waals surface area contributed by atoms with Crippen molar-refractivity contribution in [3.63, 3.8) is 0 Å². The highest BCUT2D eigenvalue weighted by molar-refractivity contribution is 5.68. The molecule has 0 atom stereocenters. The zero-order valence-corrected chi connectivity index (χ0v) is 6.18. The van der Waals surface area contributed by atoms with Crippen LogP contribution in [0.4, 0.5) is 8.78 Å². The summed E-state index contributed by atoms with van der Waals surface area (Å²) in [6.07, 6.45) is 1.22. The number of carboxylic acids is 1. The minimum Gasteiger partial charge on any atom is -0.481 e. The van der Waals surface area contributed by atoms with E-state index in [0.29, 0.717) is 12.5 Å². The van der Waals surface area contributed by atoms with E-state index in [2.05, 4.69) is 0 Å². The van der Waals surface area contributed by atoms with Gasteiger partial charge in [-0.15, -0.1) is 0 Å². The number of alkyl halides is 2. The fourth-order valence-electron chi connectivity index (χ4n) is 0.551. The molecule has 0 aromatic carbocycles. The first-order chi connectivity index (χ1) is 4.98. The summed E-state index contributed by atoms with van der Waals surface area (Å²) in [5.74, 6) is -4.70. The van der Waals surface area contributed by atoms with E-state index < -0.39 is 18.3 Å². The van der Waals surface area contributed by atoms with E-state index in [1.54, 1.807) is 6.92 Å². The van der Waals surface area contributed by atoms with Gasteiger partial charge in [0.15, 0.2) is 0 Å². The lowest BCUT2D eigenvalue weighted by Crippen LogP contribution is -2.17. The second kappa shape index (κ2) is 4.05. The van der Waals surface area contributed by atoms with Crippen molar-refractivity contribution >= 4 is 5.97 Å². The Morgan fingerprint density at radius 1 is 1.64 bits per heavy atom. The number of allylic oxidation sites excluding steroid dienone is 2. The van der Waals surface area contributed by atoms with Gasteiger partial charge in [0.2, 0.25) is 0 Å². The van der Waals surface area contributed by atoms with E-state index >= 15 is 0 Å². The van der Waals surface area contributed by atoms with Crippen LogP contribution in [0.5, 0.6) is 0 Å². The minimum atomic E-state index is -3.21. The van der Waals surface area contributed by atoms with Crippen LogP contribution < -0.4 is 0 Å². The van der Waals surface area contributed by atoms with Crippen molar-refractivity contribution < 1.29 is 18.7 Å². The van der Waals surface area contributed by atoms with E-state index in [0.717, 1.165) is 0 Å². The standard InChI is InChI=1S/C7H10F2O2/c1-2-3-4-7(8,9)5-6(10)11/h3-4H,2,5H2,1H3,(H,10,11)/b4-3+. The Bertz CT molecular complexity index is 164. The third kappa shape index (κ3) is 5.51. The van der Waals surface area contributed by atoms with Crippen LogP contribution in [0.1, 0.15) is 19.8 Å². The minimum absolute atomic E-state index is 0.481.